The highest BCUT2D eigenvalue weighted by Gasteiger charge is 2.39. The van der Waals surface area contributed by atoms with Crippen molar-refractivity contribution in [3.8, 4) is 61.7 Å². The van der Waals surface area contributed by atoms with Crippen molar-refractivity contribution in [2.75, 3.05) is 0 Å². The predicted octanol–water partition coefficient (Wildman–Crippen LogP) is 11.8. The van der Waals surface area contributed by atoms with Crippen LogP contribution in [0.15, 0.2) is 187 Å². The van der Waals surface area contributed by atoms with E-state index in [1.54, 1.807) is 0 Å². The van der Waals surface area contributed by atoms with Crippen LogP contribution in [0.2, 0.25) is 0 Å². The van der Waals surface area contributed by atoms with E-state index in [2.05, 4.69) is 187 Å². The fourth-order valence-corrected chi connectivity index (χ4v) is 9.72. The van der Waals surface area contributed by atoms with Crippen molar-refractivity contribution in [1.82, 2.24) is 4.57 Å². The molecule has 0 amide bonds. The lowest BCUT2D eigenvalue weighted by Gasteiger charge is -2.33. The van der Waals surface area contributed by atoms with Gasteiger partial charge in [0.15, 0.2) is 0 Å². The molecular formula is C48H30BNOS. The smallest absolute Gasteiger partial charge is 0.289 e. The summed E-state index contributed by atoms with van der Waals surface area (Å²) in [7, 11) is 0. The molecule has 8 aromatic carbocycles. The molecule has 0 bridgehead atoms. The van der Waals surface area contributed by atoms with Crippen molar-refractivity contribution >= 4 is 50.3 Å². The van der Waals surface area contributed by atoms with Gasteiger partial charge < -0.3 is 9.30 Å². The molecular weight excluding hydrogens is 649 g/mol. The molecule has 2 aliphatic rings. The van der Waals surface area contributed by atoms with E-state index in [9.17, 15) is 0 Å². The number of ether oxygens (including phenoxy) is 1. The first-order chi connectivity index (χ1) is 25.8. The van der Waals surface area contributed by atoms with Crippen LogP contribution in [0.4, 0.5) is 0 Å². The molecule has 0 spiro atoms. The summed E-state index contributed by atoms with van der Waals surface area (Å²) in [4.78, 5) is 1.30. The molecule has 1 aromatic heterocycles. The minimum absolute atomic E-state index is 0.139. The molecule has 0 N–H and O–H groups in total. The first kappa shape index (κ1) is 29.5. The molecule has 0 fully saturated rings. The Morgan fingerprint density at radius 3 is 1.83 bits per heavy atom. The topological polar surface area (TPSA) is 14.2 Å². The van der Waals surface area contributed by atoms with E-state index in [-0.39, 0.29) is 5.99 Å². The lowest BCUT2D eigenvalue weighted by atomic mass is 9.57. The minimum Gasteiger partial charge on any atom is -0.458 e. The van der Waals surface area contributed by atoms with Crippen molar-refractivity contribution in [2.45, 2.75) is 4.90 Å². The Balaban J connectivity index is 1.05. The van der Waals surface area contributed by atoms with Crippen LogP contribution in [0.25, 0.3) is 72.0 Å². The second-order valence-corrected chi connectivity index (χ2v) is 14.8. The molecule has 0 saturated heterocycles. The molecule has 242 valence electrons. The standard InChI is InChI=1S/C48H30BNOS/c1-2-13-31(14-3-1)36-17-4-5-18-37(36)34-28-41-40-21-8-11-24-47(40)52-49-42-26-25-33(29-45(42)51-46(30-34)48(41)49)32-15-12-16-35(27-32)50-43-22-9-6-19-38(43)39-20-7-10-23-44(39)50/h1-30H. The number of hydrogen-bond acceptors (Lipinski definition) is 2. The fourth-order valence-electron chi connectivity index (χ4n) is 8.32. The molecule has 2 nitrogen and oxygen atoms in total. The second-order valence-electron chi connectivity index (χ2n) is 13.6. The zero-order chi connectivity index (χ0) is 34.2. The van der Waals surface area contributed by atoms with Crippen molar-refractivity contribution in [1.29, 1.82) is 0 Å². The minimum atomic E-state index is 0.139. The number of para-hydroxylation sites is 2. The Kier molecular flexibility index (Phi) is 6.62. The summed E-state index contributed by atoms with van der Waals surface area (Å²) in [5.41, 5.74) is 15.6. The summed E-state index contributed by atoms with van der Waals surface area (Å²) in [5, 5.41) is 2.53. The highest BCUT2D eigenvalue weighted by molar-refractivity contribution is 8.28. The lowest BCUT2D eigenvalue weighted by Crippen LogP contribution is -2.46. The van der Waals surface area contributed by atoms with Gasteiger partial charge in [-0.25, -0.2) is 0 Å². The van der Waals surface area contributed by atoms with Gasteiger partial charge in [0, 0.05) is 21.4 Å². The Hall–Kier alpha value is -6.23. The third kappa shape index (κ3) is 4.54. The third-order valence-corrected chi connectivity index (χ3v) is 12.0. The Bertz CT molecular complexity index is 2820. The van der Waals surface area contributed by atoms with Gasteiger partial charge in [0.05, 0.1) is 11.0 Å². The van der Waals surface area contributed by atoms with Crippen molar-refractivity contribution in [3.05, 3.63) is 182 Å². The van der Waals surface area contributed by atoms with E-state index in [0.29, 0.717) is 0 Å². The monoisotopic (exact) mass is 679 g/mol. The first-order valence-electron chi connectivity index (χ1n) is 17.8. The average molecular weight is 680 g/mol. The number of benzene rings is 8. The molecule has 0 saturated carbocycles. The number of fused-ring (bicyclic) bond motifs is 7. The van der Waals surface area contributed by atoms with E-state index >= 15 is 0 Å². The quantitative estimate of drug-likeness (QED) is 0.172. The van der Waals surface area contributed by atoms with E-state index < -0.39 is 0 Å². The van der Waals surface area contributed by atoms with Gasteiger partial charge in [-0.15, -0.1) is 0 Å². The van der Waals surface area contributed by atoms with Gasteiger partial charge in [-0.3, -0.25) is 0 Å². The van der Waals surface area contributed by atoms with E-state index in [4.69, 9.17) is 4.74 Å². The zero-order valence-corrected chi connectivity index (χ0v) is 29.0. The molecule has 0 atom stereocenters. The summed E-state index contributed by atoms with van der Waals surface area (Å²) in [6.45, 7) is 0. The summed E-state index contributed by atoms with van der Waals surface area (Å²) in [6, 6.07) is 65.9. The maximum absolute atomic E-state index is 7.01. The molecule has 2 aliphatic heterocycles. The summed E-state index contributed by atoms with van der Waals surface area (Å²) >= 11 is 1.93. The van der Waals surface area contributed by atoms with Gasteiger partial charge in [-0.1, -0.05) is 133 Å². The summed E-state index contributed by atoms with van der Waals surface area (Å²) in [6.07, 6.45) is 0. The van der Waals surface area contributed by atoms with Crippen LogP contribution >= 0.6 is 11.6 Å². The first-order valence-corrected chi connectivity index (χ1v) is 18.7. The van der Waals surface area contributed by atoms with Crippen LogP contribution in [0.3, 0.4) is 0 Å². The molecule has 52 heavy (non-hydrogen) atoms. The maximum atomic E-state index is 7.01. The largest absolute Gasteiger partial charge is 0.458 e. The number of hydrogen-bond donors (Lipinski definition) is 0. The molecule has 0 radical (unpaired) electrons. The molecule has 0 aliphatic carbocycles. The van der Waals surface area contributed by atoms with Crippen LogP contribution in [0.5, 0.6) is 11.5 Å². The Morgan fingerprint density at radius 1 is 0.423 bits per heavy atom. The maximum Gasteiger partial charge on any atom is 0.289 e. The zero-order valence-electron chi connectivity index (χ0n) is 28.2. The van der Waals surface area contributed by atoms with Gasteiger partial charge in [-0.05, 0) is 104 Å². The van der Waals surface area contributed by atoms with E-state index in [0.717, 1.165) is 33.9 Å². The Morgan fingerprint density at radius 2 is 1.04 bits per heavy atom. The van der Waals surface area contributed by atoms with E-state index in [1.807, 2.05) is 11.6 Å². The third-order valence-electron chi connectivity index (χ3n) is 10.7. The van der Waals surface area contributed by atoms with Gasteiger partial charge in [-0.2, -0.15) is 11.6 Å². The molecule has 9 aromatic rings. The lowest BCUT2D eigenvalue weighted by molar-refractivity contribution is 0.488. The van der Waals surface area contributed by atoms with Gasteiger partial charge >= 0.3 is 0 Å². The fraction of sp³-hybridized carbons (Fsp3) is 0. The van der Waals surface area contributed by atoms with Crippen LogP contribution in [-0.4, -0.2) is 10.6 Å². The SMILES string of the molecule is c1ccc(-c2ccccc2-c2cc3c4c(c2)-c2ccccc2SB4c2ccc(-c4cccc(-n5c6ccccc6c6ccccc65)c4)cc2O3)cc1. The van der Waals surface area contributed by atoms with Crippen molar-refractivity contribution in [2.24, 2.45) is 0 Å². The van der Waals surface area contributed by atoms with Crippen molar-refractivity contribution in [3.63, 3.8) is 0 Å². The van der Waals surface area contributed by atoms with Gasteiger partial charge in [0.2, 0.25) is 0 Å². The van der Waals surface area contributed by atoms with Gasteiger partial charge in [0.25, 0.3) is 5.99 Å². The highest BCUT2D eigenvalue weighted by Crippen LogP contribution is 2.46. The van der Waals surface area contributed by atoms with Crippen LogP contribution in [0.1, 0.15) is 0 Å². The van der Waals surface area contributed by atoms with Crippen LogP contribution in [0, 0.1) is 0 Å². The van der Waals surface area contributed by atoms with Crippen molar-refractivity contribution < 1.29 is 4.74 Å². The highest BCUT2D eigenvalue weighted by atomic mass is 32.2. The Labute approximate surface area is 307 Å². The molecule has 0 unspecified atom stereocenters. The number of aromatic nitrogens is 1. The normalized spacial score (nSPS) is 12.7. The molecule has 4 heteroatoms. The second kappa shape index (κ2) is 11.7. The van der Waals surface area contributed by atoms with E-state index in [1.165, 1.54) is 65.4 Å². The number of nitrogens with zero attached hydrogens (tertiary/aromatic N) is 1. The predicted molar refractivity (Wildman–Crippen MR) is 220 cm³/mol. The number of rotatable bonds is 4. The summed E-state index contributed by atoms with van der Waals surface area (Å²) < 4.78 is 9.39. The average Bonchev–Trinajstić information content (AvgIpc) is 3.55. The summed E-state index contributed by atoms with van der Waals surface area (Å²) in [5.74, 6) is 2.00. The molecule has 3 heterocycles. The molecule has 11 rings (SSSR count). The van der Waals surface area contributed by atoms with Crippen LogP contribution < -0.4 is 15.7 Å². The van der Waals surface area contributed by atoms with Crippen LogP contribution in [-0.2, 0) is 0 Å². The van der Waals surface area contributed by atoms with Gasteiger partial charge in [0.1, 0.15) is 11.5 Å².